The number of halogens is 1. The molecule has 0 saturated carbocycles. The van der Waals surface area contributed by atoms with Crippen LogP contribution in [0.2, 0.25) is 0 Å². The third kappa shape index (κ3) is 5.88. The van der Waals surface area contributed by atoms with Gasteiger partial charge in [-0.05, 0) is 37.6 Å². The molecule has 1 aromatic rings. The lowest BCUT2D eigenvalue weighted by molar-refractivity contribution is 0.322. The minimum Gasteiger partial charge on any atom is -0.489 e. The molecular weight excluding hydrogens is 281 g/mol. The van der Waals surface area contributed by atoms with Gasteiger partial charge in [-0.15, -0.1) is 0 Å². The summed E-state index contributed by atoms with van der Waals surface area (Å²) in [6.45, 7) is 4.86. The molecule has 0 aliphatic heterocycles. The SMILES string of the molecule is CCCNC(C)c1ccc(OCCS(C)(=O)=O)c(F)c1. The summed E-state index contributed by atoms with van der Waals surface area (Å²) in [5, 5.41) is 3.27. The normalized spacial score (nSPS) is 13.2. The second kappa shape index (κ2) is 7.59. The van der Waals surface area contributed by atoms with Gasteiger partial charge in [-0.2, -0.15) is 0 Å². The number of sulfone groups is 1. The van der Waals surface area contributed by atoms with Crippen molar-refractivity contribution in [3.8, 4) is 5.75 Å². The Kier molecular flexibility index (Phi) is 6.42. The zero-order valence-corrected chi connectivity index (χ0v) is 13.0. The molecule has 0 fully saturated rings. The molecule has 0 amide bonds. The first kappa shape index (κ1) is 16.9. The van der Waals surface area contributed by atoms with Crippen molar-refractivity contribution in [2.45, 2.75) is 26.3 Å². The summed E-state index contributed by atoms with van der Waals surface area (Å²) in [7, 11) is -3.10. The zero-order chi connectivity index (χ0) is 15.2. The Hall–Kier alpha value is -1.14. The first-order chi connectivity index (χ1) is 9.33. The Balaban J connectivity index is 2.63. The number of ether oxygens (including phenoxy) is 1. The van der Waals surface area contributed by atoms with Gasteiger partial charge in [0, 0.05) is 12.3 Å². The molecule has 0 spiro atoms. The molecule has 1 unspecified atom stereocenters. The second-order valence-corrected chi connectivity index (χ2v) is 7.10. The summed E-state index contributed by atoms with van der Waals surface area (Å²) >= 11 is 0. The lowest BCUT2D eigenvalue weighted by Crippen LogP contribution is -2.19. The van der Waals surface area contributed by atoms with E-state index in [9.17, 15) is 12.8 Å². The lowest BCUT2D eigenvalue weighted by Gasteiger charge is -2.15. The second-order valence-electron chi connectivity index (χ2n) is 4.84. The van der Waals surface area contributed by atoms with Gasteiger partial charge in [-0.25, -0.2) is 12.8 Å². The predicted molar refractivity (Wildman–Crippen MR) is 78.3 cm³/mol. The van der Waals surface area contributed by atoms with Crippen molar-refractivity contribution < 1.29 is 17.5 Å². The zero-order valence-electron chi connectivity index (χ0n) is 12.1. The van der Waals surface area contributed by atoms with Crippen molar-refractivity contribution in [2.24, 2.45) is 0 Å². The Bertz CT molecular complexity index is 531. The van der Waals surface area contributed by atoms with E-state index in [1.54, 1.807) is 6.07 Å². The Morgan fingerprint density at radius 3 is 2.65 bits per heavy atom. The van der Waals surface area contributed by atoms with E-state index in [2.05, 4.69) is 12.2 Å². The number of nitrogens with one attached hydrogen (secondary N) is 1. The Labute approximate surface area is 120 Å². The van der Waals surface area contributed by atoms with E-state index < -0.39 is 15.7 Å². The van der Waals surface area contributed by atoms with Gasteiger partial charge < -0.3 is 10.1 Å². The van der Waals surface area contributed by atoms with Gasteiger partial charge in [0.05, 0.1) is 5.75 Å². The van der Waals surface area contributed by atoms with E-state index in [4.69, 9.17) is 4.74 Å². The van der Waals surface area contributed by atoms with Crippen molar-refractivity contribution in [3.63, 3.8) is 0 Å². The monoisotopic (exact) mass is 303 g/mol. The van der Waals surface area contributed by atoms with Crippen LogP contribution in [0.3, 0.4) is 0 Å². The van der Waals surface area contributed by atoms with Crippen molar-refractivity contribution in [1.82, 2.24) is 5.32 Å². The van der Waals surface area contributed by atoms with Crippen LogP contribution in [0.25, 0.3) is 0 Å². The van der Waals surface area contributed by atoms with Crippen molar-refractivity contribution in [3.05, 3.63) is 29.6 Å². The molecule has 1 aromatic carbocycles. The van der Waals surface area contributed by atoms with E-state index >= 15 is 0 Å². The molecule has 1 rings (SSSR count). The highest BCUT2D eigenvalue weighted by molar-refractivity contribution is 7.90. The fourth-order valence-corrected chi connectivity index (χ4v) is 2.07. The van der Waals surface area contributed by atoms with Gasteiger partial charge in [-0.3, -0.25) is 0 Å². The lowest BCUT2D eigenvalue weighted by atomic mass is 10.1. The smallest absolute Gasteiger partial charge is 0.165 e. The molecule has 20 heavy (non-hydrogen) atoms. The number of hydrogen-bond donors (Lipinski definition) is 1. The minimum atomic E-state index is -3.10. The summed E-state index contributed by atoms with van der Waals surface area (Å²) in [5.74, 6) is -0.510. The molecule has 0 aliphatic rings. The van der Waals surface area contributed by atoms with Crippen LogP contribution >= 0.6 is 0 Å². The summed E-state index contributed by atoms with van der Waals surface area (Å²) in [6, 6.07) is 4.81. The molecule has 0 saturated heterocycles. The van der Waals surface area contributed by atoms with Crippen LogP contribution in [0.5, 0.6) is 5.75 Å². The van der Waals surface area contributed by atoms with Gasteiger partial charge in [0.2, 0.25) is 0 Å². The first-order valence-electron chi connectivity index (χ1n) is 6.67. The Morgan fingerprint density at radius 1 is 1.40 bits per heavy atom. The Morgan fingerprint density at radius 2 is 2.10 bits per heavy atom. The maximum absolute atomic E-state index is 13.9. The molecule has 0 heterocycles. The van der Waals surface area contributed by atoms with Crippen LogP contribution in [0.15, 0.2) is 18.2 Å². The maximum Gasteiger partial charge on any atom is 0.165 e. The predicted octanol–water partition coefficient (Wildman–Crippen LogP) is 2.31. The average Bonchev–Trinajstić information content (AvgIpc) is 2.36. The van der Waals surface area contributed by atoms with Crippen LogP contribution in [0, 0.1) is 5.82 Å². The summed E-state index contributed by atoms with van der Waals surface area (Å²) < 4.78 is 40.9. The highest BCUT2D eigenvalue weighted by Crippen LogP contribution is 2.22. The standard InChI is InChI=1S/C14H22FNO3S/c1-4-7-16-11(2)12-5-6-14(13(15)10-12)19-8-9-20(3,17)18/h5-6,10-11,16H,4,7-9H2,1-3H3. The van der Waals surface area contributed by atoms with E-state index in [1.165, 1.54) is 12.1 Å². The number of benzene rings is 1. The van der Waals surface area contributed by atoms with Gasteiger partial charge in [0.1, 0.15) is 6.61 Å². The minimum absolute atomic E-state index is 0.0429. The van der Waals surface area contributed by atoms with E-state index in [1.807, 2.05) is 6.92 Å². The van der Waals surface area contributed by atoms with Crippen LogP contribution < -0.4 is 10.1 Å². The van der Waals surface area contributed by atoms with Gasteiger partial charge in [0.15, 0.2) is 21.4 Å². The van der Waals surface area contributed by atoms with Gasteiger partial charge in [-0.1, -0.05) is 13.0 Å². The van der Waals surface area contributed by atoms with Crippen LogP contribution in [-0.4, -0.2) is 33.6 Å². The van der Waals surface area contributed by atoms with Crippen LogP contribution in [0.1, 0.15) is 31.9 Å². The van der Waals surface area contributed by atoms with Crippen LogP contribution in [0.4, 0.5) is 4.39 Å². The molecule has 1 N–H and O–H groups in total. The molecule has 4 nitrogen and oxygen atoms in total. The third-order valence-corrected chi connectivity index (χ3v) is 3.78. The topological polar surface area (TPSA) is 55.4 Å². The maximum atomic E-state index is 13.9. The molecule has 0 aromatic heterocycles. The van der Waals surface area contributed by atoms with Crippen molar-refractivity contribution in [1.29, 1.82) is 0 Å². The van der Waals surface area contributed by atoms with Gasteiger partial charge >= 0.3 is 0 Å². The number of rotatable bonds is 8. The van der Waals surface area contributed by atoms with E-state index in [0.29, 0.717) is 0 Å². The largest absolute Gasteiger partial charge is 0.489 e. The molecule has 6 heteroatoms. The molecular formula is C14H22FNO3S. The average molecular weight is 303 g/mol. The summed E-state index contributed by atoms with van der Waals surface area (Å²) in [5.41, 5.74) is 0.839. The third-order valence-electron chi connectivity index (χ3n) is 2.87. The van der Waals surface area contributed by atoms with E-state index in [-0.39, 0.29) is 24.2 Å². The molecule has 0 aliphatic carbocycles. The number of hydrogen-bond acceptors (Lipinski definition) is 4. The van der Waals surface area contributed by atoms with Crippen LogP contribution in [-0.2, 0) is 9.84 Å². The van der Waals surface area contributed by atoms with E-state index in [0.717, 1.165) is 24.8 Å². The highest BCUT2D eigenvalue weighted by atomic mass is 32.2. The van der Waals surface area contributed by atoms with Crippen molar-refractivity contribution in [2.75, 3.05) is 25.2 Å². The fourth-order valence-electron chi connectivity index (χ4n) is 1.69. The molecule has 0 radical (unpaired) electrons. The summed E-state index contributed by atoms with van der Waals surface area (Å²) in [4.78, 5) is 0. The summed E-state index contributed by atoms with van der Waals surface area (Å²) in [6.07, 6.45) is 2.14. The van der Waals surface area contributed by atoms with Crippen molar-refractivity contribution >= 4 is 9.84 Å². The fraction of sp³-hybridized carbons (Fsp3) is 0.571. The molecule has 1 atom stereocenters. The van der Waals surface area contributed by atoms with Gasteiger partial charge in [0.25, 0.3) is 0 Å². The quantitative estimate of drug-likeness (QED) is 0.800. The highest BCUT2D eigenvalue weighted by Gasteiger charge is 2.10. The molecule has 0 bridgehead atoms. The first-order valence-corrected chi connectivity index (χ1v) is 8.73. The molecule has 114 valence electrons.